The number of hydrogen-bond acceptors (Lipinski definition) is 4. The molecule has 1 N–H and O–H groups in total. The molecule has 0 saturated heterocycles. The molecule has 3 aromatic rings. The van der Waals surface area contributed by atoms with Gasteiger partial charge in [0.2, 0.25) is 0 Å². The lowest BCUT2D eigenvalue weighted by Gasteiger charge is -2.27. The number of halogens is 4. The summed E-state index contributed by atoms with van der Waals surface area (Å²) in [6.07, 6.45) is -2.57. The normalized spacial score (nSPS) is 18.4. The van der Waals surface area contributed by atoms with E-state index in [-0.39, 0.29) is 22.9 Å². The summed E-state index contributed by atoms with van der Waals surface area (Å²) in [6.45, 7) is 0. The van der Waals surface area contributed by atoms with Crippen LogP contribution in [0.3, 0.4) is 0 Å². The molecule has 0 unspecified atom stereocenters. The second-order valence-electron chi connectivity index (χ2n) is 8.23. The maximum absolute atomic E-state index is 13.7. The standard InChI is InChI=1S/C25H21F4N3O2/c26-19-7-3-4-8-21(19)30-24(34)22-14-13-20(31-32-22)15-9-11-16(12-10-15)23(33)17-5-1-2-6-18(17)25(27,28)29/h1-8,13-16H,9-12H2,(H,30,34). The molecule has 1 aliphatic rings. The Labute approximate surface area is 193 Å². The lowest BCUT2D eigenvalue weighted by molar-refractivity contribution is -0.138. The number of carbonyl (C=O) groups excluding carboxylic acids is 2. The molecule has 1 aliphatic carbocycles. The molecule has 2 aromatic carbocycles. The minimum Gasteiger partial charge on any atom is -0.318 e. The number of nitrogens with zero attached hydrogens (tertiary/aromatic N) is 2. The number of alkyl halides is 3. The SMILES string of the molecule is O=C(Nc1ccccc1F)c1ccc(C2CCC(C(=O)c3ccccc3C(F)(F)F)CC2)nn1. The Bertz CT molecular complexity index is 1190. The van der Waals surface area contributed by atoms with E-state index >= 15 is 0 Å². The fourth-order valence-corrected chi connectivity index (χ4v) is 4.25. The molecule has 0 atom stereocenters. The summed E-state index contributed by atoms with van der Waals surface area (Å²) in [7, 11) is 0. The molecule has 34 heavy (non-hydrogen) atoms. The molecule has 9 heteroatoms. The van der Waals surface area contributed by atoms with Crippen LogP contribution in [-0.2, 0) is 6.18 Å². The van der Waals surface area contributed by atoms with Crippen molar-refractivity contribution >= 4 is 17.4 Å². The lowest BCUT2D eigenvalue weighted by Crippen LogP contribution is -2.24. The predicted octanol–water partition coefficient (Wildman–Crippen LogP) is 6.04. The number of anilines is 1. The van der Waals surface area contributed by atoms with E-state index in [0.717, 1.165) is 6.07 Å². The molecule has 1 heterocycles. The number of ketones is 1. The third-order valence-corrected chi connectivity index (χ3v) is 6.05. The molecule has 1 aromatic heterocycles. The van der Waals surface area contributed by atoms with Crippen molar-refractivity contribution in [3.63, 3.8) is 0 Å². The molecule has 5 nitrogen and oxygen atoms in total. The summed E-state index contributed by atoms with van der Waals surface area (Å²) in [6, 6.07) is 13.8. The minimum absolute atomic E-state index is 0.0157. The molecule has 0 spiro atoms. The molecule has 0 radical (unpaired) electrons. The quantitative estimate of drug-likeness (QED) is 0.364. The highest BCUT2D eigenvalue weighted by Gasteiger charge is 2.37. The fraction of sp³-hybridized carbons (Fsp3) is 0.280. The summed E-state index contributed by atoms with van der Waals surface area (Å²) in [5.41, 5.74) is -0.488. The highest BCUT2D eigenvalue weighted by atomic mass is 19.4. The monoisotopic (exact) mass is 471 g/mol. The zero-order valence-electron chi connectivity index (χ0n) is 18.0. The first kappa shape index (κ1) is 23.5. The second kappa shape index (κ2) is 9.70. The third-order valence-electron chi connectivity index (χ3n) is 6.05. The van der Waals surface area contributed by atoms with Crippen molar-refractivity contribution in [2.75, 3.05) is 5.32 Å². The highest BCUT2D eigenvalue weighted by Crippen LogP contribution is 2.38. The topological polar surface area (TPSA) is 72.0 Å². The number of rotatable bonds is 5. The van der Waals surface area contributed by atoms with Gasteiger partial charge in [0.05, 0.1) is 16.9 Å². The zero-order chi connectivity index (χ0) is 24.3. The van der Waals surface area contributed by atoms with Gasteiger partial charge >= 0.3 is 6.18 Å². The Morgan fingerprint density at radius 2 is 1.53 bits per heavy atom. The number of benzene rings is 2. The van der Waals surface area contributed by atoms with Crippen molar-refractivity contribution in [2.24, 2.45) is 5.92 Å². The van der Waals surface area contributed by atoms with Crippen LogP contribution in [0.25, 0.3) is 0 Å². The summed E-state index contributed by atoms with van der Waals surface area (Å²) in [5, 5.41) is 10.5. The van der Waals surface area contributed by atoms with E-state index in [4.69, 9.17) is 0 Å². The van der Waals surface area contributed by atoms with E-state index < -0.39 is 35.2 Å². The van der Waals surface area contributed by atoms with Crippen LogP contribution >= 0.6 is 0 Å². The van der Waals surface area contributed by atoms with Gasteiger partial charge in [-0.15, -0.1) is 5.10 Å². The summed E-state index contributed by atoms with van der Waals surface area (Å²) >= 11 is 0. The van der Waals surface area contributed by atoms with Gasteiger partial charge in [-0.1, -0.05) is 30.3 Å². The maximum Gasteiger partial charge on any atom is 0.417 e. The molecule has 0 bridgehead atoms. The Balaban J connectivity index is 1.38. The van der Waals surface area contributed by atoms with Crippen LogP contribution in [0.5, 0.6) is 0 Å². The molecular formula is C25H21F4N3O2. The van der Waals surface area contributed by atoms with Gasteiger partial charge in [0.25, 0.3) is 5.91 Å². The van der Waals surface area contributed by atoms with Crippen LogP contribution in [0.1, 0.15) is 63.7 Å². The van der Waals surface area contributed by atoms with Crippen molar-refractivity contribution in [1.82, 2.24) is 10.2 Å². The van der Waals surface area contributed by atoms with Gasteiger partial charge in [-0.25, -0.2) is 4.39 Å². The first-order valence-corrected chi connectivity index (χ1v) is 10.8. The number of nitrogens with one attached hydrogen (secondary N) is 1. The molecule has 1 saturated carbocycles. The van der Waals surface area contributed by atoms with Crippen LogP contribution < -0.4 is 5.32 Å². The summed E-state index contributed by atoms with van der Waals surface area (Å²) in [4.78, 5) is 25.1. The first-order chi connectivity index (χ1) is 16.2. The second-order valence-corrected chi connectivity index (χ2v) is 8.23. The van der Waals surface area contributed by atoms with Gasteiger partial charge in [0.15, 0.2) is 11.5 Å². The Morgan fingerprint density at radius 1 is 0.853 bits per heavy atom. The number of carbonyl (C=O) groups is 2. The molecule has 1 fully saturated rings. The first-order valence-electron chi connectivity index (χ1n) is 10.8. The molecule has 176 valence electrons. The van der Waals surface area contributed by atoms with Crippen LogP contribution in [0.15, 0.2) is 60.7 Å². The van der Waals surface area contributed by atoms with Crippen molar-refractivity contribution < 1.29 is 27.2 Å². The van der Waals surface area contributed by atoms with Crippen LogP contribution in [-0.4, -0.2) is 21.9 Å². The van der Waals surface area contributed by atoms with E-state index in [1.54, 1.807) is 12.1 Å². The van der Waals surface area contributed by atoms with E-state index in [1.165, 1.54) is 42.5 Å². The lowest BCUT2D eigenvalue weighted by atomic mass is 9.77. The fourth-order valence-electron chi connectivity index (χ4n) is 4.25. The molecule has 1 amide bonds. The van der Waals surface area contributed by atoms with Crippen molar-refractivity contribution in [2.45, 2.75) is 37.8 Å². The number of hydrogen-bond donors (Lipinski definition) is 1. The van der Waals surface area contributed by atoms with Gasteiger partial charge in [0, 0.05) is 17.4 Å². The maximum atomic E-state index is 13.7. The van der Waals surface area contributed by atoms with Gasteiger partial charge < -0.3 is 5.32 Å². The summed E-state index contributed by atoms with van der Waals surface area (Å²) in [5.74, 6) is -2.15. The van der Waals surface area contributed by atoms with Crippen LogP contribution in [0, 0.1) is 11.7 Å². The highest BCUT2D eigenvalue weighted by molar-refractivity contribution is 6.02. The van der Waals surface area contributed by atoms with Gasteiger partial charge in [0.1, 0.15) is 5.82 Å². The van der Waals surface area contributed by atoms with Crippen molar-refractivity contribution in [3.05, 3.63) is 89.0 Å². The predicted molar refractivity (Wildman–Crippen MR) is 117 cm³/mol. The Hall–Kier alpha value is -3.62. The molecular weight excluding hydrogens is 450 g/mol. The Kier molecular flexibility index (Phi) is 6.72. The number of Topliss-reactive ketones (excluding diaryl/α,β-unsaturated/α-hetero) is 1. The van der Waals surface area contributed by atoms with Crippen LogP contribution in [0.2, 0.25) is 0 Å². The average molecular weight is 471 g/mol. The number of amides is 1. The number of aromatic nitrogens is 2. The van der Waals surface area contributed by atoms with Crippen molar-refractivity contribution in [1.29, 1.82) is 0 Å². The molecule has 0 aliphatic heterocycles. The summed E-state index contributed by atoms with van der Waals surface area (Å²) < 4.78 is 53.5. The van der Waals surface area contributed by atoms with E-state index in [0.29, 0.717) is 31.4 Å². The van der Waals surface area contributed by atoms with Crippen LogP contribution in [0.4, 0.5) is 23.2 Å². The largest absolute Gasteiger partial charge is 0.417 e. The van der Waals surface area contributed by atoms with Gasteiger partial charge in [-0.2, -0.15) is 18.3 Å². The molecule has 4 rings (SSSR count). The zero-order valence-corrected chi connectivity index (χ0v) is 18.0. The van der Waals surface area contributed by atoms with E-state index in [9.17, 15) is 27.2 Å². The third kappa shape index (κ3) is 5.13. The minimum atomic E-state index is -4.58. The van der Waals surface area contributed by atoms with Crippen molar-refractivity contribution in [3.8, 4) is 0 Å². The average Bonchev–Trinajstić information content (AvgIpc) is 2.84. The van der Waals surface area contributed by atoms with E-state index in [2.05, 4.69) is 15.5 Å². The van der Waals surface area contributed by atoms with E-state index in [1.807, 2.05) is 0 Å². The van der Waals surface area contributed by atoms with Gasteiger partial charge in [-0.3, -0.25) is 9.59 Å². The smallest absolute Gasteiger partial charge is 0.318 e. The number of para-hydroxylation sites is 1. The Morgan fingerprint density at radius 3 is 2.18 bits per heavy atom. The van der Waals surface area contributed by atoms with Gasteiger partial charge in [-0.05, 0) is 56.0 Å².